The van der Waals surface area contributed by atoms with Crippen LogP contribution in [0.2, 0.25) is 0 Å². The number of aromatic nitrogens is 1. The summed E-state index contributed by atoms with van der Waals surface area (Å²) in [6, 6.07) is 3.06. The van der Waals surface area contributed by atoms with E-state index in [9.17, 15) is 9.59 Å². The number of amides is 2. The molecule has 2 fully saturated rings. The lowest BCUT2D eigenvalue weighted by atomic mass is 9.99. The van der Waals surface area contributed by atoms with Crippen molar-refractivity contribution in [1.82, 2.24) is 10.3 Å². The number of hydrogen-bond donors (Lipinski definition) is 1. The molecule has 4 heterocycles. The first-order chi connectivity index (χ1) is 12.7. The van der Waals surface area contributed by atoms with Gasteiger partial charge in [-0.1, -0.05) is 11.3 Å². The highest BCUT2D eigenvalue weighted by Gasteiger charge is 2.47. The van der Waals surface area contributed by atoms with Gasteiger partial charge in [-0.2, -0.15) is 0 Å². The highest BCUT2D eigenvalue weighted by Crippen LogP contribution is 2.43. The fraction of sp³-hybridized carbons (Fsp3) is 0.438. The third-order valence-electron chi connectivity index (χ3n) is 4.81. The number of carbonyl (C=O) groups is 2. The Morgan fingerprint density at radius 3 is 3.15 bits per heavy atom. The van der Waals surface area contributed by atoms with Gasteiger partial charge in [0.05, 0.1) is 30.5 Å². The van der Waals surface area contributed by atoms with E-state index in [0.717, 1.165) is 4.70 Å². The number of carbonyl (C=O) groups excluding carboxylic acids is 2. The second-order valence-corrected chi connectivity index (χ2v) is 7.23. The van der Waals surface area contributed by atoms with Crippen molar-refractivity contribution in [3.8, 4) is 11.5 Å². The van der Waals surface area contributed by atoms with E-state index in [2.05, 4.69) is 10.3 Å². The highest BCUT2D eigenvalue weighted by atomic mass is 32.1. The first-order valence-electron chi connectivity index (χ1n) is 8.14. The van der Waals surface area contributed by atoms with Crippen LogP contribution in [0.1, 0.15) is 6.42 Å². The molecule has 2 amide bonds. The smallest absolute Gasteiger partial charge is 0.335 e. The predicted octanol–water partition coefficient (Wildman–Crippen LogP) is 1.25. The quantitative estimate of drug-likeness (QED) is 0.787. The molecule has 26 heavy (non-hydrogen) atoms. The van der Waals surface area contributed by atoms with Gasteiger partial charge in [-0.05, 0) is 12.1 Å². The molecule has 5 rings (SSSR count). The normalized spacial score (nSPS) is 26.7. The van der Waals surface area contributed by atoms with E-state index >= 15 is 0 Å². The topological polar surface area (TPSA) is 99.2 Å². The minimum absolute atomic E-state index is 0.161. The van der Waals surface area contributed by atoms with Crippen LogP contribution in [0.15, 0.2) is 12.1 Å². The first-order valence-corrected chi connectivity index (χ1v) is 8.95. The monoisotopic (exact) mass is 377 g/mol. The molecule has 2 saturated heterocycles. The van der Waals surface area contributed by atoms with Crippen LogP contribution >= 0.6 is 11.3 Å². The number of urea groups is 1. The molecule has 2 aromatic rings. The Hall–Kier alpha value is -2.59. The van der Waals surface area contributed by atoms with Crippen LogP contribution in [0.25, 0.3) is 10.2 Å². The Morgan fingerprint density at radius 2 is 2.31 bits per heavy atom. The fourth-order valence-electron chi connectivity index (χ4n) is 3.56. The lowest BCUT2D eigenvalue weighted by molar-refractivity contribution is -0.157. The van der Waals surface area contributed by atoms with Crippen LogP contribution in [-0.4, -0.2) is 55.7 Å². The number of fused-ring (bicyclic) bond motifs is 4. The van der Waals surface area contributed by atoms with Crippen molar-refractivity contribution in [1.29, 1.82) is 0 Å². The maximum absolute atomic E-state index is 12.6. The number of nitrogens with one attached hydrogen (secondary N) is 1. The first kappa shape index (κ1) is 15.6. The Labute approximate surface area is 151 Å². The zero-order valence-corrected chi connectivity index (χ0v) is 14.6. The summed E-state index contributed by atoms with van der Waals surface area (Å²) in [5, 5.41) is 3.45. The van der Waals surface area contributed by atoms with Gasteiger partial charge in [0.15, 0.2) is 22.7 Å². The van der Waals surface area contributed by atoms with E-state index < -0.39 is 12.1 Å². The molecule has 10 heteroatoms. The van der Waals surface area contributed by atoms with Gasteiger partial charge in [0.1, 0.15) is 5.52 Å². The molecule has 0 unspecified atom stereocenters. The average molecular weight is 377 g/mol. The van der Waals surface area contributed by atoms with Crippen molar-refractivity contribution in [2.45, 2.75) is 24.6 Å². The lowest BCUT2D eigenvalue weighted by Gasteiger charge is -2.32. The number of rotatable bonds is 2. The zero-order valence-electron chi connectivity index (χ0n) is 13.8. The van der Waals surface area contributed by atoms with Crippen molar-refractivity contribution in [3.05, 3.63) is 12.1 Å². The van der Waals surface area contributed by atoms with Crippen LogP contribution in [0.4, 0.5) is 9.93 Å². The van der Waals surface area contributed by atoms with Crippen molar-refractivity contribution >= 4 is 38.7 Å². The second kappa shape index (κ2) is 5.71. The molecule has 3 aliphatic rings. The van der Waals surface area contributed by atoms with Crippen molar-refractivity contribution in [3.63, 3.8) is 0 Å². The summed E-state index contributed by atoms with van der Waals surface area (Å²) in [6.45, 7) is 0.415. The molecule has 0 radical (unpaired) electrons. The summed E-state index contributed by atoms with van der Waals surface area (Å²) in [4.78, 5) is 30.6. The number of hydrogen-bond acceptors (Lipinski definition) is 8. The molecule has 136 valence electrons. The number of esters is 1. The Balaban J connectivity index is 1.51. The van der Waals surface area contributed by atoms with Gasteiger partial charge in [-0.3, -0.25) is 4.90 Å². The summed E-state index contributed by atoms with van der Waals surface area (Å²) in [5.41, 5.74) is 0.674. The lowest BCUT2D eigenvalue weighted by Crippen LogP contribution is -2.49. The third-order valence-corrected chi connectivity index (χ3v) is 5.83. The summed E-state index contributed by atoms with van der Waals surface area (Å²) >= 11 is 1.40. The van der Waals surface area contributed by atoms with E-state index in [1.807, 2.05) is 12.1 Å². The van der Waals surface area contributed by atoms with Gasteiger partial charge >= 0.3 is 12.0 Å². The molecule has 1 aromatic heterocycles. The highest BCUT2D eigenvalue weighted by molar-refractivity contribution is 7.22. The van der Waals surface area contributed by atoms with Gasteiger partial charge in [0, 0.05) is 6.42 Å². The molecular formula is C16H15N3O6S. The van der Waals surface area contributed by atoms with Gasteiger partial charge in [0.2, 0.25) is 6.79 Å². The minimum atomic E-state index is -0.688. The number of anilines is 1. The van der Waals surface area contributed by atoms with E-state index in [1.165, 1.54) is 18.4 Å². The summed E-state index contributed by atoms with van der Waals surface area (Å²) < 4.78 is 22.1. The van der Waals surface area contributed by atoms with E-state index in [0.29, 0.717) is 28.6 Å². The average Bonchev–Trinajstić information content (AvgIpc) is 3.34. The number of methoxy groups -OCH3 is 1. The Bertz CT molecular complexity index is 915. The number of thiazole rings is 1. The van der Waals surface area contributed by atoms with Crippen LogP contribution in [0.5, 0.6) is 11.5 Å². The molecule has 3 aliphatic heterocycles. The third kappa shape index (κ3) is 2.22. The number of benzene rings is 1. The van der Waals surface area contributed by atoms with Gasteiger partial charge in [-0.25, -0.2) is 14.6 Å². The van der Waals surface area contributed by atoms with Gasteiger partial charge in [0.25, 0.3) is 0 Å². The molecular weight excluding hydrogens is 362 g/mol. The molecule has 1 aromatic carbocycles. The van der Waals surface area contributed by atoms with E-state index in [1.54, 1.807) is 4.90 Å². The molecule has 0 saturated carbocycles. The minimum Gasteiger partial charge on any atom is -0.467 e. The van der Waals surface area contributed by atoms with Crippen molar-refractivity contribution in [2.24, 2.45) is 0 Å². The molecule has 0 bridgehead atoms. The van der Waals surface area contributed by atoms with Gasteiger partial charge < -0.3 is 24.3 Å². The Kier molecular flexibility index (Phi) is 3.44. The summed E-state index contributed by atoms with van der Waals surface area (Å²) in [7, 11) is 1.32. The van der Waals surface area contributed by atoms with Gasteiger partial charge in [-0.15, -0.1) is 0 Å². The fourth-order valence-corrected chi connectivity index (χ4v) is 4.58. The SMILES string of the molecule is COC(=O)[C@H]1C[C@@H]2[C@H](CO1)NC(=O)N2c1nc2c3c(ccc2s1)OCO3. The summed E-state index contributed by atoms with van der Waals surface area (Å²) in [5.74, 6) is 0.811. The molecule has 9 nitrogen and oxygen atoms in total. The van der Waals surface area contributed by atoms with Crippen LogP contribution in [0.3, 0.4) is 0 Å². The van der Waals surface area contributed by atoms with Crippen molar-refractivity contribution < 1.29 is 28.5 Å². The number of nitrogens with zero attached hydrogens (tertiary/aromatic N) is 2. The van der Waals surface area contributed by atoms with E-state index in [4.69, 9.17) is 18.9 Å². The Morgan fingerprint density at radius 1 is 1.42 bits per heavy atom. The molecule has 0 spiro atoms. The maximum Gasteiger partial charge on any atom is 0.335 e. The maximum atomic E-state index is 12.6. The van der Waals surface area contributed by atoms with Crippen LogP contribution < -0.4 is 19.7 Å². The molecule has 0 aliphatic carbocycles. The van der Waals surface area contributed by atoms with E-state index in [-0.39, 0.29) is 31.5 Å². The second-order valence-electron chi connectivity index (χ2n) is 6.22. The predicted molar refractivity (Wildman–Crippen MR) is 90.7 cm³/mol. The molecule has 3 atom stereocenters. The number of ether oxygens (including phenoxy) is 4. The largest absolute Gasteiger partial charge is 0.467 e. The van der Waals surface area contributed by atoms with Crippen LogP contribution in [-0.2, 0) is 14.3 Å². The van der Waals surface area contributed by atoms with Crippen molar-refractivity contribution in [2.75, 3.05) is 25.4 Å². The zero-order chi connectivity index (χ0) is 17.8. The molecule has 1 N–H and O–H groups in total. The standard InChI is InChI=1S/C16H15N3O6S/c1-22-14(20)10-4-8-7(5-23-10)17-15(21)19(8)16-18-12-11(26-16)3-2-9-13(12)25-6-24-9/h2-3,7-8,10H,4-6H2,1H3,(H,17,21)/t7-,8+,10+/m0/s1. The summed E-state index contributed by atoms with van der Waals surface area (Å²) in [6.07, 6.45) is -0.337. The van der Waals surface area contributed by atoms with Crippen LogP contribution in [0, 0.1) is 0 Å².